The molecule has 3 aromatic rings. The molecule has 3 aromatic carbocycles. The number of halogens is 3. The molecule has 6 nitrogen and oxygen atoms in total. The fraction of sp³-hybridized carbons (Fsp3) is 0.419. The predicted octanol–water partition coefficient (Wildman–Crippen LogP) is 9.28. The molecule has 0 atom stereocenters. The van der Waals surface area contributed by atoms with E-state index in [1.807, 2.05) is 62.3 Å². The van der Waals surface area contributed by atoms with Crippen molar-refractivity contribution in [3.63, 3.8) is 0 Å². The molecule has 0 amide bonds. The van der Waals surface area contributed by atoms with Crippen molar-refractivity contribution in [3.05, 3.63) is 72.8 Å². The van der Waals surface area contributed by atoms with Gasteiger partial charge in [-0.05, 0) is 145 Å². The Balaban J connectivity index is 2.32. The summed E-state index contributed by atoms with van der Waals surface area (Å²) in [5, 5.41) is 0. The minimum atomic E-state index is -6.07. The summed E-state index contributed by atoms with van der Waals surface area (Å²) in [6, 6.07) is 18.7. The van der Waals surface area contributed by atoms with Gasteiger partial charge in [0, 0.05) is 14.7 Å². The van der Waals surface area contributed by atoms with Gasteiger partial charge in [-0.2, -0.15) is 25.2 Å². The molecule has 0 spiro atoms. The number of ether oxygens (including phenoxy) is 3. The quantitative estimate of drug-likeness (QED) is 0.232. The van der Waals surface area contributed by atoms with E-state index in [9.17, 15) is 21.6 Å². The van der Waals surface area contributed by atoms with Crippen LogP contribution in [0.1, 0.15) is 62.3 Å². The number of rotatable bonds is 8. The smallest absolute Gasteiger partial charge is 0.488 e. The molecular weight excluding hydrogens is 589 g/mol. The summed E-state index contributed by atoms with van der Waals surface area (Å²) in [4.78, 5) is 0.640. The molecule has 0 aliphatic carbocycles. The van der Waals surface area contributed by atoms with Crippen molar-refractivity contribution in [2.75, 3.05) is 0 Å². The first-order valence-electron chi connectivity index (χ1n) is 13.2. The molecule has 0 aliphatic heterocycles. The second kappa shape index (κ2) is 11.7. The van der Waals surface area contributed by atoms with E-state index in [0.29, 0.717) is 17.2 Å². The van der Waals surface area contributed by atoms with Crippen molar-refractivity contribution in [3.8, 4) is 17.2 Å². The van der Waals surface area contributed by atoms with Gasteiger partial charge in [-0.1, -0.05) is 0 Å². The Morgan fingerprint density at radius 2 is 0.714 bits per heavy atom. The van der Waals surface area contributed by atoms with Gasteiger partial charge in [-0.3, -0.25) is 0 Å². The number of hydrogen-bond acceptors (Lipinski definition) is 6. The normalized spacial score (nSPS) is 13.9. The van der Waals surface area contributed by atoms with Crippen LogP contribution in [0.3, 0.4) is 0 Å². The van der Waals surface area contributed by atoms with Crippen LogP contribution in [-0.4, -0.2) is 30.7 Å². The van der Waals surface area contributed by atoms with Crippen LogP contribution in [0.4, 0.5) is 13.2 Å². The highest BCUT2D eigenvalue weighted by Gasteiger charge is 2.52. The van der Waals surface area contributed by atoms with Crippen LogP contribution < -0.4 is 14.2 Å². The average Bonchev–Trinajstić information content (AvgIpc) is 2.80. The van der Waals surface area contributed by atoms with Crippen molar-refractivity contribution in [2.24, 2.45) is 0 Å². The second-order valence-electron chi connectivity index (χ2n) is 12.6. The summed E-state index contributed by atoms with van der Waals surface area (Å²) in [6.45, 7) is 16.7. The van der Waals surface area contributed by atoms with Crippen LogP contribution in [0.25, 0.3) is 0 Å². The topological polar surface area (TPSA) is 71.1 Å². The molecular formula is C31H39F3O6S2. The van der Waals surface area contributed by atoms with Crippen LogP contribution in [0.5, 0.6) is 17.2 Å². The Bertz CT molecular complexity index is 1300. The van der Waals surface area contributed by atoms with E-state index in [2.05, 4.69) is 0 Å². The summed E-state index contributed by atoms with van der Waals surface area (Å²) in [6.07, 6.45) is 0. The largest absolute Gasteiger partial charge is 0.524 e. The Kier molecular flexibility index (Phi) is 9.33. The van der Waals surface area contributed by atoms with Crippen molar-refractivity contribution < 1.29 is 39.4 Å². The molecule has 42 heavy (non-hydrogen) atoms. The molecule has 232 valence electrons. The van der Waals surface area contributed by atoms with Crippen LogP contribution >= 0.6 is 10.3 Å². The zero-order chi connectivity index (χ0) is 31.8. The summed E-state index contributed by atoms with van der Waals surface area (Å²) < 4.78 is 90.3. The Morgan fingerprint density at radius 3 is 0.905 bits per heavy atom. The molecule has 0 radical (unpaired) electrons. The highest BCUT2D eigenvalue weighted by molar-refractivity contribution is 8.33. The first-order chi connectivity index (χ1) is 19.0. The highest BCUT2D eigenvalue weighted by atomic mass is 32.3. The SMILES string of the molecule is CC(C)(C)Oc1ccc(S(OS(=O)(=O)C(F)(F)F)(c2ccc(OC(C)(C)C)cc2)c2ccc(OC(C)(C)C)cc2)cc1. The van der Waals surface area contributed by atoms with Gasteiger partial charge in [0.05, 0.1) is 0 Å². The molecule has 0 aromatic heterocycles. The fourth-order valence-corrected chi connectivity index (χ4v) is 8.56. The van der Waals surface area contributed by atoms with Crippen molar-refractivity contribution in [2.45, 2.75) is 99.3 Å². The molecule has 0 aliphatic rings. The molecule has 0 N–H and O–H groups in total. The zero-order valence-electron chi connectivity index (χ0n) is 25.3. The van der Waals surface area contributed by atoms with Gasteiger partial charge < -0.3 is 14.2 Å². The van der Waals surface area contributed by atoms with Gasteiger partial charge in [-0.15, -0.1) is 0 Å². The van der Waals surface area contributed by atoms with Gasteiger partial charge in [0.25, 0.3) is 0 Å². The Labute approximate surface area is 248 Å². The minimum absolute atomic E-state index is 0.213. The first kappa shape index (κ1) is 33.6. The third kappa shape index (κ3) is 8.58. The summed E-state index contributed by atoms with van der Waals surface area (Å²) >= 11 is 0. The lowest BCUT2D eigenvalue weighted by molar-refractivity contribution is -0.0496. The Hall–Kier alpha value is -2.89. The first-order valence-corrected chi connectivity index (χ1v) is 16.2. The number of alkyl halides is 3. The summed E-state index contributed by atoms with van der Waals surface area (Å²) in [7, 11) is -9.60. The molecule has 0 bridgehead atoms. The van der Waals surface area contributed by atoms with Crippen LogP contribution in [0.15, 0.2) is 87.5 Å². The van der Waals surface area contributed by atoms with Gasteiger partial charge in [-0.25, -0.2) is 0 Å². The lowest BCUT2D eigenvalue weighted by Crippen LogP contribution is -2.27. The lowest BCUT2D eigenvalue weighted by atomic mass is 10.2. The maximum atomic E-state index is 13.9. The van der Waals surface area contributed by atoms with E-state index in [1.165, 1.54) is 36.4 Å². The molecule has 0 fully saturated rings. The van der Waals surface area contributed by atoms with E-state index in [0.717, 1.165) is 0 Å². The van der Waals surface area contributed by atoms with Gasteiger partial charge in [0.2, 0.25) is 0 Å². The summed E-state index contributed by atoms with van der Waals surface area (Å²) in [5.74, 6) is 1.38. The average molecular weight is 629 g/mol. The molecule has 0 saturated carbocycles. The maximum absolute atomic E-state index is 13.9. The molecule has 11 heteroatoms. The fourth-order valence-electron chi connectivity index (χ4n) is 3.86. The van der Waals surface area contributed by atoms with Gasteiger partial charge >= 0.3 is 15.6 Å². The van der Waals surface area contributed by atoms with Crippen molar-refractivity contribution in [1.82, 2.24) is 0 Å². The van der Waals surface area contributed by atoms with E-state index in [1.54, 1.807) is 36.4 Å². The van der Waals surface area contributed by atoms with E-state index < -0.39 is 42.7 Å². The molecule has 0 saturated heterocycles. The Morgan fingerprint density at radius 1 is 0.476 bits per heavy atom. The van der Waals surface area contributed by atoms with Crippen LogP contribution in [-0.2, 0) is 13.7 Å². The second-order valence-corrected chi connectivity index (χ2v) is 17.0. The molecule has 0 unspecified atom stereocenters. The molecule has 3 rings (SSSR count). The summed E-state index contributed by atoms with van der Waals surface area (Å²) in [5.41, 5.74) is -7.26. The van der Waals surface area contributed by atoms with E-state index >= 15 is 0 Å². The van der Waals surface area contributed by atoms with Crippen molar-refractivity contribution in [1.29, 1.82) is 0 Å². The molecule has 0 heterocycles. The monoisotopic (exact) mass is 628 g/mol. The van der Waals surface area contributed by atoms with Crippen molar-refractivity contribution >= 4 is 20.4 Å². The van der Waals surface area contributed by atoms with Gasteiger partial charge in [0.1, 0.15) is 34.1 Å². The maximum Gasteiger partial charge on any atom is 0.524 e. The lowest BCUT2D eigenvalue weighted by Gasteiger charge is -2.39. The standard InChI is InChI=1S/C31H39F3O6S2/c1-28(2,3)37-22-10-16-25(17-11-22)41(40-42(35,36)31(32,33)34,26-18-12-23(13-19-26)38-29(4,5)6)27-20-14-24(15-21-27)39-30(7,8)9/h10-21H,1-9H3. The van der Waals surface area contributed by atoms with E-state index in [-0.39, 0.29) is 14.7 Å². The van der Waals surface area contributed by atoms with Crippen LogP contribution in [0.2, 0.25) is 0 Å². The third-order valence-electron chi connectivity index (χ3n) is 5.21. The number of hydrogen-bond donors (Lipinski definition) is 0. The van der Waals surface area contributed by atoms with Crippen LogP contribution in [0, 0.1) is 0 Å². The highest BCUT2D eigenvalue weighted by Crippen LogP contribution is 2.71. The van der Waals surface area contributed by atoms with E-state index in [4.69, 9.17) is 17.8 Å². The third-order valence-corrected chi connectivity index (χ3v) is 10.1. The zero-order valence-corrected chi connectivity index (χ0v) is 27.0. The minimum Gasteiger partial charge on any atom is -0.488 e. The number of benzene rings is 3. The predicted molar refractivity (Wildman–Crippen MR) is 159 cm³/mol. The van der Waals surface area contributed by atoms with Gasteiger partial charge in [0.15, 0.2) is 0 Å².